The van der Waals surface area contributed by atoms with Gasteiger partial charge in [-0.3, -0.25) is 4.52 Å². The Labute approximate surface area is 71.2 Å². The third-order valence-corrected chi connectivity index (χ3v) is 1.42. The van der Waals surface area contributed by atoms with Crippen LogP contribution in [0, 0.1) is 0 Å². The van der Waals surface area contributed by atoms with E-state index in [-0.39, 0.29) is 6.61 Å². The van der Waals surface area contributed by atoms with Crippen molar-refractivity contribution < 1.29 is 23.6 Å². The Morgan fingerprint density at radius 3 is 2.50 bits per heavy atom. The van der Waals surface area contributed by atoms with Crippen LogP contribution in [0.25, 0.3) is 0 Å². The highest BCUT2D eigenvalue weighted by molar-refractivity contribution is 7.46. The van der Waals surface area contributed by atoms with Gasteiger partial charge in [-0.25, -0.2) is 4.57 Å². The number of hydrogen-bond donors (Lipinski definition) is 2. The van der Waals surface area contributed by atoms with Crippen molar-refractivity contribution >= 4 is 7.82 Å². The molecule has 0 aromatic rings. The second kappa shape index (κ2) is 4.74. The van der Waals surface area contributed by atoms with E-state index in [1.807, 2.05) is 0 Å². The van der Waals surface area contributed by atoms with Gasteiger partial charge in [0.1, 0.15) is 0 Å². The van der Waals surface area contributed by atoms with Gasteiger partial charge in [0.25, 0.3) is 0 Å². The highest BCUT2D eigenvalue weighted by Crippen LogP contribution is 2.37. The quantitative estimate of drug-likeness (QED) is 0.390. The first-order valence-corrected chi connectivity index (χ1v) is 4.84. The van der Waals surface area contributed by atoms with E-state index in [1.165, 1.54) is 6.92 Å². The second-order valence-electron chi connectivity index (χ2n) is 2.43. The molecular formula is C6H13O5P. The minimum absolute atomic E-state index is 0.223. The summed E-state index contributed by atoms with van der Waals surface area (Å²) in [7, 11) is -4.44. The Balaban J connectivity index is 3.67. The molecule has 0 saturated carbocycles. The molecule has 0 bridgehead atoms. The van der Waals surface area contributed by atoms with Gasteiger partial charge >= 0.3 is 7.82 Å². The van der Waals surface area contributed by atoms with E-state index >= 15 is 0 Å². The predicted molar refractivity (Wildman–Crippen MR) is 43.4 cm³/mol. The lowest BCUT2D eigenvalue weighted by atomic mass is 10.4. The summed E-state index contributed by atoms with van der Waals surface area (Å²) in [4.78, 5) is 16.7. The van der Waals surface area contributed by atoms with Gasteiger partial charge in [-0.2, -0.15) is 0 Å². The Morgan fingerprint density at radius 2 is 2.17 bits per heavy atom. The minimum atomic E-state index is -4.44. The van der Waals surface area contributed by atoms with Crippen molar-refractivity contribution in [2.45, 2.75) is 20.1 Å². The third-order valence-electron chi connectivity index (χ3n) is 0.850. The zero-order valence-corrected chi connectivity index (χ0v) is 7.95. The van der Waals surface area contributed by atoms with E-state index in [9.17, 15) is 4.57 Å². The molecular weight excluding hydrogens is 183 g/mol. The van der Waals surface area contributed by atoms with Crippen LogP contribution in [-0.2, 0) is 13.8 Å². The smallest absolute Gasteiger partial charge is 0.348 e. The lowest BCUT2D eigenvalue weighted by molar-refractivity contribution is -0.0709. The summed E-state index contributed by atoms with van der Waals surface area (Å²) in [6.07, 6.45) is -0.928. The maximum absolute atomic E-state index is 10.3. The van der Waals surface area contributed by atoms with E-state index in [0.29, 0.717) is 0 Å². The summed E-state index contributed by atoms with van der Waals surface area (Å²) in [5.41, 5.74) is 0.760. The van der Waals surface area contributed by atoms with Crippen LogP contribution < -0.4 is 0 Å². The van der Waals surface area contributed by atoms with Gasteiger partial charge in [0.2, 0.25) is 0 Å². The normalized spacial score (nSPS) is 14.3. The molecule has 0 saturated heterocycles. The van der Waals surface area contributed by atoms with Gasteiger partial charge in [0, 0.05) is 0 Å². The molecule has 1 unspecified atom stereocenters. The molecule has 0 aromatic carbocycles. The summed E-state index contributed by atoms with van der Waals surface area (Å²) in [6, 6.07) is 0. The molecule has 1 atom stereocenters. The molecule has 0 spiro atoms. The lowest BCUT2D eigenvalue weighted by Gasteiger charge is -2.13. The average Bonchev–Trinajstić information content (AvgIpc) is 1.79. The van der Waals surface area contributed by atoms with Crippen LogP contribution in [0.4, 0.5) is 0 Å². The molecule has 0 aliphatic rings. The molecule has 0 aliphatic heterocycles. The fourth-order valence-electron chi connectivity index (χ4n) is 0.483. The first-order chi connectivity index (χ1) is 5.31. The molecule has 12 heavy (non-hydrogen) atoms. The maximum atomic E-state index is 10.3. The van der Waals surface area contributed by atoms with Crippen LogP contribution >= 0.6 is 7.82 Å². The van der Waals surface area contributed by atoms with E-state index in [2.05, 4.69) is 11.1 Å². The summed E-state index contributed by atoms with van der Waals surface area (Å²) in [6.45, 7) is 6.92. The molecule has 0 aliphatic carbocycles. The Morgan fingerprint density at radius 1 is 1.67 bits per heavy atom. The highest BCUT2D eigenvalue weighted by atomic mass is 31.2. The van der Waals surface area contributed by atoms with Gasteiger partial charge in [0.15, 0.2) is 6.29 Å². The van der Waals surface area contributed by atoms with E-state index in [1.54, 1.807) is 6.92 Å². The summed E-state index contributed by atoms with van der Waals surface area (Å²) in [5.74, 6) is 0. The number of phosphoric acid groups is 1. The van der Waals surface area contributed by atoms with E-state index in [4.69, 9.17) is 14.5 Å². The molecule has 0 fully saturated rings. The monoisotopic (exact) mass is 196 g/mol. The molecule has 0 heterocycles. The molecule has 0 rings (SSSR count). The van der Waals surface area contributed by atoms with Crippen LogP contribution in [0.15, 0.2) is 12.2 Å². The Kier molecular flexibility index (Phi) is 4.67. The van der Waals surface area contributed by atoms with Gasteiger partial charge in [0.05, 0.1) is 6.61 Å². The summed E-state index contributed by atoms with van der Waals surface area (Å²) < 4.78 is 19.3. The van der Waals surface area contributed by atoms with Gasteiger partial charge in [-0.05, 0) is 13.8 Å². The fraction of sp³-hybridized carbons (Fsp3) is 0.667. The van der Waals surface area contributed by atoms with E-state index < -0.39 is 14.1 Å². The zero-order chi connectivity index (χ0) is 9.78. The first-order valence-electron chi connectivity index (χ1n) is 3.31. The van der Waals surface area contributed by atoms with Crippen molar-refractivity contribution in [1.82, 2.24) is 0 Å². The Hall–Kier alpha value is -0.190. The number of hydrogen-bond acceptors (Lipinski definition) is 3. The van der Waals surface area contributed by atoms with Crippen molar-refractivity contribution in [1.29, 1.82) is 0 Å². The molecule has 6 heteroatoms. The fourth-order valence-corrected chi connectivity index (χ4v) is 0.931. The number of rotatable bonds is 5. The second-order valence-corrected chi connectivity index (χ2v) is 3.62. The zero-order valence-electron chi connectivity index (χ0n) is 7.06. The van der Waals surface area contributed by atoms with Crippen molar-refractivity contribution in [2.24, 2.45) is 0 Å². The molecule has 0 radical (unpaired) electrons. The van der Waals surface area contributed by atoms with Crippen molar-refractivity contribution in [3.05, 3.63) is 12.2 Å². The minimum Gasteiger partial charge on any atom is -0.348 e. The SMILES string of the molecule is C=C(C)COC(C)OP(=O)(O)O. The lowest BCUT2D eigenvalue weighted by Crippen LogP contribution is -2.12. The Bertz CT molecular complexity index is 196. The van der Waals surface area contributed by atoms with Crippen molar-refractivity contribution in [3.63, 3.8) is 0 Å². The van der Waals surface area contributed by atoms with Crippen LogP contribution in [0.5, 0.6) is 0 Å². The molecule has 5 nitrogen and oxygen atoms in total. The largest absolute Gasteiger partial charge is 0.471 e. The van der Waals surface area contributed by atoms with Gasteiger partial charge in [-0.1, -0.05) is 12.2 Å². The highest BCUT2D eigenvalue weighted by Gasteiger charge is 2.18. The number of ether oxygens (including phenoxy) is 1. The van der Waals surface area contributed by atoms with Crippen molar-refractivity contribution in [3.8, 4) is 0 Å². The third kappa shape index (κ3) is 7.91. The molecule has 72 valence electrons. The van der Waals surface area contributed by atoms with Crippen LogP contribution in [0.2, 0.25) is 0 Å². The molecule has 0 amide bonds. The van der Waals surface area contributed by atoms with Gasteiger partial charge < -0.3 is 14.5 Å². The van der Waals surface area contributed by atoms with Crippen molar-refractivity contribution in [2.75, 3.05) is 6.61 Å². The predicted octanol–water partition coefficient (Wildman–Crippen LogP) is 1.03. The summed E-state index contributed by atoms with van der Waals surface area (Å²) in [5, 5.41) is 0. The van der Waals surface area contributed by atoms with E-state index in [0.717, 1.165) is 5.57 Å². The standard InChI is InChI=1S/C6H13O5P/c1-5(2)4-10-6(3)11-12(7,8)9/h6H,1,4H2,2-3H3,(H2,7,8,9). The topological polar surface area (TPSA) is 76.0 Å². The first kappa shape index (κ1) is 11.8. The van der Waals surface area contributed by atoms with Crippen LogP contribution in [-0.4, -0.2) is 22.7 Å². The average molecular weight is 196 g/mol. The maximum Gasteiger partial charge on any atom is 0.471 e. The molecule has 2 N–H and O–H groups in total. The number of phosphoric ester groups is 1. The van der Waals surface area contributed by atoms with Crippen LogP contribution in [0.1, 0.15) is 13.8 Å². The molecule has 0 aromatic heterocycles. The summed E-state index contributed by atoms with van der Waals surface area (Å²) >= 11 is 0. The van der Waals surface area contributed by atoms with Crippen LogP contribution in [0.3, 0.4) is 0 Å². The van der Waals surface area contributed by atoms with Gasteiger partial charge in [-0.15, -0.1) is 0 Å².